The summed E-state index contributed by atoms with van der Waals surface area (Å²) in [6, 6.07) is 12.4. The molecule has 2 fully saturated rings. The highest BCUT2D eigenvalue weighted by atomic mass is 19.1. The van der Waals surface area contributed by atoms with Crippen LogP contribution in [0.3, 0.4) is 0 Å². The highest BCUT2D eigenvalue weighted by Gasteiger charge is 2.52. The minimum absolute atomic E-state index is 0.00000784. The van der Waals surface area contributed by atoms with Crippen molar-refractivity contribution in [3.63, 3.8) is 0 Å². The standard InChI is InChI=1S/C26H29FN4O3/c1-31-15-26(16-31)23-10-17(5-6-22(23)25(32)34-26)18-3-4-19(24(27)11-18)9-20(12-28)30-14-21-13-29-7-2-8-33-21/h3-6,10-11,20-21,29-30H,2,7-9,13-16H2,1H3/t20-,21?/m0/s1. The third-order valence-corrected chi connectivity index (χ3v) is 6.85. The Hall–Kier alpha value is -2.83. The molecule has 0 bridgehead atoms. The van der Waals surface area contributed by atoms with E-state index in [4.69, 9.17) is 9.47 Å². The number of ether oxygens (including phenoxy) is 2. The molecule has 0 amide bonds. The van der Waals surface area contributed by atoms with Gasteiger partial charge in [0.2, 0.25) is 0 Å². The first-order chi connectivity index (χ1) is 16.5. The van der Waals surface area contributed by atoms with E-state index in [-0.39, 0.29) is 24.3 Å². The zero-order chi connectivity index (χ0) is 23.7. The fourth-order valence-electron chi connectivity index (χ4n) is 5.08. The molecule has 0 radical (unpaired) electrons. The molecule has 0 saturated carbocycles. The van der Waals surface area contributed by atoms with Gasteiger partial charge in [-0.15, -0.1) is 0 Å². The molecule has 3 aliphatic heterocycles. The molecule has 5 rings (SSSR count). The van der Waals surface area contributed by atoms with Crippen LogP contribution < -0.4 is 10.6 Å². The van der Waals surface area contributed by atoms with Crippen LogP contribution in [0.4, 0.5) is 4.39 Å². The minimum Gasteiger partial charge on any atom is -0.448 e. The summed E-state index contributed by atoms with van der Waals surface area (Å²) in [4.78, 5) is 14.4. The van der Waals surface area contributed by atoms with Crippen LogP contribution in [0.25, 0.3) is 11.1 Å². The number of benzene rings is 2. The van der Waals surface area contributed by atoms with Gasteiger partial charge in [0.1, 0.15) is 5.82 Å². The SMILES string of the molecule is CN1CC2(C1)OC(=O)c1ccc(-c3ccc(C[C@@H](C#N)NCC4CNCCCO4)c(F)c3)cc12. The van der Waals surface area contributed by atoms with Gasteiger partial charge in [0, 0.05) is 44.8 Å². The van der Waals surface area contributed by atoms with Crippen molar-refractivity contribution in [1.82, 2.24) is 15.5 Å². The molecule has 34 heavy (non-hydrogen) atoms. The number of fused-ring (bicyclic) bond motifs is 2. The highest BCUT2D eigenvalue weighted by molar-refractivity contribution is 5.96. The molecule has 2 N–H and O–H groups in total. The molecule has 2 aromatic rings. The predicted molar refractivity (Wildman–Crippen MR) is 125 cm³/mol. The molecule has 2 saturated heterocycles. The number of hydrogen-bond acceptors (Lipinski definition) is 7. The number of likely N-dealkylation sites (N-methyl/N-ethyl adjacent to an activating group) is 1. The van der Waals surface area contributed by atoms with Crippen molar-refractivity contribution < 1.29 is 18.7 Å². The number of carbonyl (C=O) groups excluding carboxylic acids is 1. The first kappa shape index (κ1) is 22.9. The Morgan fingerprint density at radius 3 is 2.85 bits per heavy atom. The maximum absolute atomic E-state index is 15.0. The number of nitrogens with zero attached hydrogens (tertiary/aromatic N) is 2. The van der Waals surface area contributed by atoms with E-state index in [9.17, 15) is 10.1 Å². The molecule has 1 spiro atoms. The zero-order valence-electron chi connectivity index (χ0n) is 19.3. The van der Waals surface area contributed by atoms with E-state index >= 15 is 4.39 Å². The highest BCUT2D eigenvalue weighted by Crippen LogP contribution is 2.44. The van der Waals surface area contributed by atoms with Crippen LogP contribution in [-0.2, 0) is 21.5 Å². The van der Waals surface area contributed by atoms with Crippen molar-refractivity contribution in [2.24, 2.45) is 0 Å². The Morgan fingerprint density at radius 1 is 1.29 bits per heavy atom. The molecular formula is C26H29FN4O3. The number of likely N-dealkylation sites (tertiary alicyclic amines) is 1. The topological polar surface area (TPSA) is 86.6 Å². The third kappa shape index (κ3) is 4.44. The van der Waals surface area contributed by atoms with Crippen molar-refractivity contribution in [2.45, 2.75) is 30.6 Å². The Bertz CT molecular complexity index is 1120. The van der Waals surface area contributed by atoms with Crippen LogP contribution in [-0.4, -0.2) is 69.4 Å². The maximum atomic E-state index is 15.0. The molecule has 178 valence electrons. The molecule has 2 aromatic carbocycles. The minimum atomic E-state index is -0.585. The van der Waals surface area contributed by atoms with Crippen LogP contribution >= 0.6 is 0 Å². The van der Waals surface area contributed by atoms with E-state index in [0.717, 1.165) is 36.2 Å². The summed E-state index contributed by atoms with van der Waals surface area (Å²) in [6.45, 7) is 4.23. The van der Waals surface area contributed by atoms with Crippen molar-refractivity contribution in [2.75, 3.05) is 46.4 Å². The molecule has 3 aliphatic rings. The zero-order valence-corrected chi connectivity index (χ0v) is 19.3. The molecule has 3 heterocycles. The number of esters is 1. The van der Waals surface area contributed by atoms with Crippen molar-refractivity contribution >= 4 is 5.97 Å². The van der Waals surface area contributed by atoms with E-state index in [1.165, 1.54) is 6.07 Å². The van der Waals surface area contributed by atoms with Gasteiger partial charge < -0.3 is 14.8 Å². The van der Waals surface area contributed by atoms with E-state index in [1.807, 2.05) is 25.2 Å². The van der Waals surface area contributed by atoms with E-state index in [2.05, 4.69) is 21.6 Å². The molecule has 7 nitrogen and oxygen atoms in total. The Labute approximate surface area is 198 Å². The maximum Gasteiger partial charge on any atom is 0.339 e. The summed E-state index contributed by atoms with van der Waals surface area (Å²) in [5, 5.41) is 16.1. The van der Waals surface area contributed by atoms with Crippen LogP contribution in [0.5, 0.6) is 0 Å². The number of halogens is 1. The summed E-state index contributed by atoms with van der Waals surface area (Å²) < 4.78 is 26.5. The van der Waals surface area contributed by atoms with Crippen LogP contribution in [0.2, 0.25) is 0 Å². The smallest absolute Gasteiger partial charge is 0.339 e. The molecule has 0 aromatic heterocycles. The fraction of sp³-hybridized carbons (Fsp3) is 0.462. The quantitative estimate of drug-likeness (QED) is 0.634. The lowest BCUT2D eigenvalue weighted by atomic mass is 9.84. The number of carbonyl (C=O) groups is 1. The second-order valence-electron chi connectivity index (χ2n) is 9.47. The number of hydrogen-bond donors (Lipinski definition) is 2. The van der Waals surface area contributed by atoms with E-state index < -0.39 is 11.6 Å². The second kappa shape index (κ2) is 9.43. The molecule has 0 aliphatic carbocycles. The molecule has 1 unspecified atom stereocenters. The lowest BCUT2D eigenvalue weighted by Gasteiger charge is -2.44. The summed E-state index contributed by atoms with van der Waals surface area (Å²) in [5.74, 6) is -0.644. The van der Waals surface area contributed by atoms with Gasteiger partial charge in [0.05, 0.1) is 23.8 Å². The van der Waals surface area contributed by atoms with Gasteiger partial charge in [-0.2, -0.15) is 5.26 Å². The lowest BCUT2D eigenvalue weighted by molar-refractivity contribution is -0.0942. The number of rotatable bonds is 6. The van der Waals surface area contributed by atoms with Gasteiger partial charge in [-0.25, -0.2) is 9.18 Å². The Balaban J connectivity index is 1.28. The average Bonchev–Trinajstić information content (AvgIpc) is 2.96. The van der Waals surface area contributed by atoms with Gasteiger partial charge >= 0.3 is 5.97 Å². The van der Waals surface area contributed by atoms with Crippen molar-refractivity contribution in [3.05, 3.63) is 58.9 Å². The summed E-state index contributed by atoms with van der Waals surface area (Å²) in [5.41, 5.74) is 2.93. The summed E-state index contributed by atoms with van der Waals surface area (Å²) >= 11 is 0. The van der Waals surface area contributed by atoms with Gasteiger partial charge in [-0.3, -0.25) is 10.2 Å². The van der Waals surface area contributed by atoms with Gasteiger partial charge in [-0.05, 0) is 54.9 Å². The first-order valence-electron chi connectivity index (χ1n) is 11.8. The largest absolute Gasteiger partial charge is 0.448 e. The Morgan fingerprint density at radius 2 is 2.09 bits per heavy atom. The van der Waals surface area contributed by atoms with E-state index in [1.54, 1.807) is 12.1 Å². The molecular weight excluding hydrogens is 435 g/mol. The van der Waals surface area contributed by atoms with Gasteiger partial charge in [0.25, 0.3) is 0 Å². The monoisotopic (exact) mass is 464 g/mol. The second-order valence-corrected chi connectivity index (χ2v) is 9.47. The van der Waals surface area contributed by atoms with Crippen LogP contribution in [0.1, 0.15) is 27.9 Å². The van der Waals surface area contributed by atoms with Crippen LogP contribution in [0.15, 0.2) is 36.4 Å². The summed E-state index contributed by atoms with van der Waals surface area (Å²) in [7, 11) is 1.98. The molecule has 8 heteroatoms. The Kier molecular flexibility index (Phi) is 6.36. The number of nitriles is 1. The third-order valence-electron chi connectivity index (χ3n) is 6.85. The molecule has 2 atom stereocenters. The first-order valence-corrected chi connectivity index (χ1v) is 11.8. The lowest BCUT2D eigenvalue weighted by Crippen LogP contribution is -2.57. The van der Waals surface area contributed by atoms with Crippen molar-refractivity contribution in [3.8, 4) is 17.2 Å². The average molecular weight is 465 g/mol. The van der Waals surface area contributed by atoms with Gasteiger partial charge in [0.15, 0.2) is 5.60 Å². The normalized spacial score (nSPS) is 22.4. The van der Waals surface area contributed by atoms with Crippen LogP contribution in [0, 0.1) is 17.1 Å². The summed E-state index contributed by atoms with van der Waals surface area (Å²) in [6.07, 6.45) is 1.24. The van der Waals surface area contributed by atoms with E-state index in [0.29, 0.717) is 37.4 Å². The van der Waals surface area contributed by atoms with Gasteiger partial charge in [-0.1, -0.05) is 18.2 Å². The number of nitrogens with one attached hydrogen (secondary N) is 2. The predicted octanol–water partition coefficient (Wildman–Crippen LogP) is 2.21. The fourth-order valence-corrected chi connectivity index (χ4v) is 5.08. The van der Waals surface area contributed by atoms with Crippen molar-refractivity contribution in [1.29, 1.82) is 5.26 Å².